The Morgan fingerprint density at radius 1 is 1.21 bits per heavy atom. The third-order valence-electron chi connectivity index (χ3n) is 4.80. The largest absolute Gasteiger partial charge is 0.366 e. The van der Waals surface area contributed by atoms with Gasteiger partial charge in [-0.2, -0.15) is 0 Å². The topological polar surface area (TPSA) is 49.3 Å². The van der Waals surface area contributed by atoms with Crippen LogP contribution in [0.5, 0.6) is 0 Å². The smallest absolute Gasteiger partial charge is 0.223 e. The second-order valence-electron chi connectivity index (χ2n) is 6.67. The summed E-state index contributed by atoms with van der Waals surface area (Å²) < 4.78 is 13.9. The molecular formula is C20H21FN4OS2. The molecule has 0 radical (unpaired) electrons. The Hall–Kier alpha value is -2.19. The number of carbonyl (C=O) groups excluding carboxylic acids is 1. The molecule has 4 rings (SSSR count). The normalized spacial score (nSPS) is 14.6. The van der Waals surface area contributed by atoms with Crippen LogP contribution in [0.1, 0.15) is 11.3 Å². The second kappa shape index (κ2) is 8.45. The summed E-state index contributed by atoms with van der Waals surface area (Å²) in [4.78, 5) is 27.3. The lowest BCUT2D eigenvalue weighted by Gasteiger charge is -2.36. The predicted octanol–water partition coefficient (Wildman–Crippen LogP) is 3.97. The van der Waals surface area contributed by atoms with Crippen molar-refractivity contribution in [2.24, 2.45) is 0 Å². The van der Waals surface area contributed by atoms with Crippen molar-refractivity contribution < 1.29 is 9.18 Å². The van der Waals surface area contributed by atoms with Crippen LogP contribution >= 0.6 is 23.1 Å². The first-order chi connectivity index (χ1) is 13.6. The number of aryl methyl sites for hydroxylation is 1. The molecule has 1 aromatic carbocycles. The molecule has 146 valence electrons. The highest BCUT2D eigenvalue weighted by molar-refractivity contribution is 7.99. The number of amides is 1. The van der Waals surface area contributed by atoms with Gasteiger partial charge in [-0.15, -0.1) is 23.1 Å². The Bertz CT molecular complexity index is 985. The van der Waals surface area contributed by atoms with Crippen molar-refractivity contribution in [2.75, 3.05) is 36.8 Å². The monoisotopic (exact) mass is 416 g/mol. The number of hydrogen-bond donors (Lipinski definition) is 0. The van der Waals surface area contributed by atoms with Gasteiger partial charge in [0.1, 0.15) is 22.0 Å². The third-order valence-corrected chi connectivity index (χ3v) is 6.76. The molecule has 0 saturated carbocycles. The molecule has 28 heavy (non-hydrogen) atoms. The van der Waals surface area contributed by atoms with Gasteiger partial charge in [-0.05, 0) is 25.1 Å². The zero-order chi connectivity index (χ0) is 19.5. The van der Waals surface area contributed by atoms with Crippen LogP contribution in [0.3, 0.4) is 0 Å². The second-order valence-corrected chi connectivity index (χ2v) is 8.99. The summed E-state index contributed by atoms with van der Waals surface area (Å²) in [7, 11) is 0. The van der Waals surface area contributed by atoms with Gasteiger partial charge in [-0.1, -0.05) is 12.1 Å². The van der Waals surface area contributed by atoms with Crippen molar-refractivity contribution in [3.05, 3.63) is 47.4 Å². The van der Waals surface area contributed by atoms with Crippen LogP contribution in [-0.2, 0) is 4.79 Å². The molecule has 1 aliphatic rings. The number of piperazine rings is 1. The van der Waals surface area contributed by atoms with E-state index in [0.717, 1.165) is 15.2 Å². The molecular weight excluding hydrogens is 395 g/mol. The van der Waals surface area contributed by atoms with E-state index < -0.39 is 0 Å². The maximum atomic E-state index is 13.9. The van der Waals surface area contributed by atoms with Crippen LogP contribution in [0.2, 0.25) is 0 Å². The van der Waals surface area contributed by atoms with Crippen molar-refractivity contribution >= 4 is 44.9 Å². The molecule has 2 aromatic heterocycles. The van der Waals surface area contributed by atoms with Gasteiger partial charge in [0.15, 0.2) is 0 Å². The number of para-hydroxylation sites is 1. The van der Waals surface area contributed by atoms with E-state index in [1.165, 1.54) is 10.9 Å². The Morgan fingerprint density at radius 2 is 2.00 bits per heavy atom. The zero-order valence-electron chi connectivity index (χ0n) is 15.6. The van der Waals surface area contributed by atoms with Crippen molar-refractivity contribution in [1.29, 1.82) is 0 Å². The molecule has 1 amide bonds. The molecule has 0 spiro atoms. The van der Waals surface area contributed by atoms with Gasteiger partial charge in [-0.25, -0.2) is 14.4 Å². The number of aromatic nitrogens is 2. The highest BCUT2D eigenvalue weighted by Crippen LogP contribution is 2.30. The zero-order valence-corrected chi connectivity index (χ0v) is 17.2. The summed E-state index contributed by atoms with van der Waals surface area (Å²) in [6.07, 6.45) is 2.06. The van der Waals surface area contributed by atoms with E-state index in [4.69, 9.17) is 0 Å². The minimum Gasteiger partial charge on any atom is -0.366 e. The SMILES string of the molecule is Cc1cc2c(SCCC(=O)N3CCN(c4ccccc4F)CC3)ncnc2s1. The summed E-state index contributed by atoms with van der Waals surface area (Å²) in [6, 6.07) is 8.90. The molecule has 3 aromatic rings. The van der Waals surface area contributed by atoms with Gasteiger partial charge in [-0.3, -0.25) is 4.79 Å². The highest BCUT2D eigenvalue weighted by atomic mass is 32.2. The molecule has 0 bridgehead atoms. The van der Waals surface area contributed by atoms with Gasteiger partial charge >= 0.3 is 0 Å². The molecule has 0 aliphatic carbocycles. The summed E-state index contributed by atoms with van der Waals surface area (Å²) in [5.74, 6) is 0.624. The Kier molecular flexibility index (Phi) is 5.77. The summed E-state index contributed by atoms with van der Waals surface area (Å²) in [5.41, 5.74) is 0.615. The van der Waals surface area contributed by atoms with Crippen molar-refractivity contribution in [2.45, 2.75) is 18.4 Å². The van der Waals surface area contributed by atoms with E-state index in [2.05, 4.69) is 23.0 Å². The molecule has 3 heterocycles. The average Bonchev–Trinajstić information content (AvgIpc) is 3.09. The lowest BCUT2D eigenvalue weighted by atomic mass is 10.2. The fraction of sp³-hybridized carbons (Fsp3) is 0.350. The molecule has 0 atom stereocenters. The quantitative estimate of drug-likeness (QED) is 0.465. The van der Waals surface area contributed by atoms with Crippen molar-refractivity contribution in [3.8, 4) is 0 Å². The summed E-state index contributed by atoms with van der Waals surface area (Å²) in [5, 5.41) is 2.01. The maximum Gasteiger partial charge on any atom is 0.223 e. The summed E-state index contributed by atoms with van der Waals surface area (Å²) in [6.45, 7) is 4.62. The van der Waals surface area contributed by atoms with E-state index >= 15 is 0 Å². The number of rotatable bonds is 5. The number of hydrogen-bond acceptors (Lipinski definition) is 6. The molecule has 8 heteroatoms. The van der Waals surface area contributed by atoms with Crippen LogP contribution in [0.25, 0.3) is 10.2 Å². The predicted molar refractivity (Wildman–Crippen MR) is 113 cm³/mol. The van der Waals surface area contributed by atoms with Crippen LogP contribution in [0, 0.1) is 12.7 Å². The highest BCUT2D eigenvalue weighted by Gasteiger charge is 2.22. The number of fused-ring (bicyclic) bond motifs is 1. The van der Waals surface area contributed by atoms with Gasteiger partial charge in [0.05, 0.1) is 5.69 Å². The van der Waals surface area contributed by atoms with Gasteiger partial charge in [0.2, 0.25) is 5.91 Å². The van der Waals surface area contributed by atoms with E-state index in [1.54, 1.807) is 41.6 Å². The molecule has 5 nitrogen and oxygen atoms in total. The number of benzene rings is 1. The van der Waals surface area contributed by atoms with E-state index in [0.29, 0.717) is 44.0 Å². The standard InChI is InChI=1S/C20H21FN4OS2/c1-14-12-15-19(22-13-23-20(15)28-14)27-11-6-18(26)25-9-7-24(8-10-25)17-5-3-2-4-16(17)21/h2-5,12-13H,6-11H2,1H3. The van der Waals surface area contributed by atoms with Crippen molar-refractivity contribution in [1.82, 2.24) is 14.9 Å². The lowest BCUT2D eigenvalue weighted by Crippen LogP contribution is -2.49. The number of halogens is 1. The molecule has 1 fully saturated rings. The van der Waals surface area contributed by atoms with Gasteiger partial charge in [0.25, 0.3) is 0 Å². The third kappa shape index (κ3) is 4.12. The van der Waals surface area contributed by atoms with Crippen LogP contribution < -0.4 is 4.90 Å². The number of anilines is 1. The first kappa shape index (κ1) is 19.1. The minimum atomic E-state index is -0.210. The number of nitrogens with zero attached hydrogens (tertiary/aromatic N) is 4. The molecule has 1 aliphatic heterocycles. The van der Waals surface area contributed by atoms with Crippen molar-refractivity contribution in [3.63, 3.8) is 0 Å². The van der Waals surface area contributed by atoms with Gasteiger partial charge < -0.3 is 9.80 Å². The van der Waals surface area contributed by atoms with E-state index in [-0.39, 0.29) is 11.7 Å². The lowest BCUT2D eigenvalue weighted by molar-refractivity contribution is -0.131. The van der Waals surface area contributed by atoms with Crippen LogP contribution in [0.4, 0.5) is 10.1 Å². The number of carbonyl (C=O) groups is 1. The summed E-state index contributed by atoms with van der Waals surface area (Å²) >= 11 is 3.26. The van der Waals surface area contributed by atoms with Gasteiger partial charge in [0, 0.05) is 48.6 Å². The van der Waals surface area contributed by atoms with E-state index in [1.807, 2.05) is 15.9 Å². The fourth-order valence-electron chi connectivity index (χ4n) is 3.37. The first-order valence-electron chi connectivity index (χ1n) is 9.23. The Balaban J connectivity index is 1.28. The maximum absolute atomic E-state index is 13.9. The van der Waals surface area contributed by atoms with Crippen LogP contribution in [-0.4, -0.2) is 52.7 Å². The van der Waals surface area contributed by atoms with E-state index in [9.17, 15) is 9.18 Å². The number of thiophene rings is 1. The van der Waals surface area contributed by atoms with Crippen LogP contribution in [0.15, 0.2) is 41.7 Å². The fourth-order valence-corrected chi connectivity index (χ4v) is 5.18. The molecule has 0 unspecified atom stereocenters. The number of thioether (sulfide) groups is 1. The molecule has 0 N–H and O–H groups in total. The molecule has 1 saturated heterocycles. The Labute approximate surface area is 171 Å². The first-order valence-corrected chi connectivity index (χ1v) is 11.0. The average molecular weight is 417 g/mol. The minimum absolute atomic E-state index is 0.146. The Morgan fingerprint density at radius 3 is 2.79 bits per heavy atom.